The van der Waals surface area contributed by atoms with E-state index in [1.807, 2.05) is 26.0 Å². The number of thioether (sulfide) groups is 1. The second-order valence-electron chi connectivity index (χ2n) is 4.70. The molecule has 1 heterocycles. The average Bonchev–Trinajstić information content (AvgIpc) is 2.35. The van der Waals surface area contributed by atoms with Crippen molar-refractivity contribution in [2.75, 3.05) is 0 Å². The predicted octanol–water partition coefficient (Wildman–Crippen LogP) is 4.17. The molecule has 3 nitrogen and oxygen atoms in total. The Balaban J connectivity index is 2.23. The molecule has 0 spiro atoms. The minimum atomic E-state index is -0.479. The van der Waals surface area contributed by atoms with E-state index in [-0.39, 0.29) is 22.7 Å². The zero-order valence-electron chi connectivity index (χ0n) is 10.7. The van der Waals surface area contributed by atoms with E-state index in [0.29, 0.717) is 11.4 Å². The Bertz CT molecular complexity index is 525. The molecule has 1 aromatic carbocycles. The number of esters is 1. The molecule has 0 saturated heterocycles. The number of hydrogen-bond acceptors (Lipinski definition) is 4. The quantitative estimate of drug-likeness (QED) is 0.851. The third kappa shape index (κ3) is 3.25. The van der Waals surface area contributed by atoms with E-state index in [9.17, 15) is 9.90 Å². The van der Waals surface area contributed by atoms with Crippen molar-refractivity contribution in [3.8, 4) is 0 Å². The molecular weight excluding hydrogens is 284 g/mol. The summed E-state index contributed by atoms with van der Waals surface area (Å²) >= 11 is 7.19. The Morgan fingerprint density at radius 1 is 1.42 bits per heavy atom. The van der Waals surface area contributed by atoms with Crippen LogP contribution in [0.1, 0.15) is 20.3 Å². The van der Waals surface area contributed by atoms with E-state index in [2.05, 4.69) is 0 Å². The monoisotopic (exact) mass is 298 g/mol. The summed E-state index contributed by atoms with van der Waals surface area (Å²) in [7, 11) is 0. The molecule has 0 aromatic heterocycles. The van der Waals surface area contributed by atoms with Gasteiger partial charge in [0.25, 0.3) is 0 Å². The van der Waals surface area contributed by atoms with Gasteiger partial charge in [-0.05, 0) is 18.1 Å². The van der Waals surface area contributed by atoms with Crippen LogP contribution in [0.4, 0.5) is 0 Å². The van der Waals surface area contributed by atoms with Crippen LogP contribution in [0.25, 0.3) is 0 Å². The summed E-state index contributed by atoms with van der Waals surface area (Å²) in [6.07, 6.45) is 0.0963. The molecule has 0 bridgehead atoms. The van der Waals surface area contributed by atoms with Gasteiger partial charge in [-0.2, -0.15) is 0 Å². The minimum Gasteiger partial charge on any atom is -0.511 e. The Kier molecular flexibility index (Phi) is 4.42. The predicted molar refractivity (Wildman–Crippen MR) is 76.3 cm³/mol. The summed E-state index contributed by atoms with van der Waals surface area (Å²) in [5.74, 6) is -0.217. The molecule has 0 saturated carbocycles. The van der Waals surface area contributed by atoms with Gasteiger partial charge in [0.2, 0.25) is 0 Å². The SMILES string of the molecule is CC(C)C1CC(O)=C(Sc2ccccc2Cl)C(=O)O1. The molecule has 0 amide bonds. The van der Waals surface area contributed by atoms with Gasteiger partial charge in [-0.25, -0.2) is 4.79 Å². The van der Waals surface area contributed by atoms with Crippen LogP contribution in [0, 0.1) is 5.92 Å². The van der Waals surface area contributed by atoms with Crippen LogP contribution >= 0.6 is 23.4 Å². The van der Waals surface area contributed by atoms with Crippen molar-refractivity contribution in [3.05, 3.63) is 40.0 Å². The molecule has 0 radical (unpaired) electrons. The number of carbonyl (C=O) groups excluding carboxylic acids is 1. The Morgan fingerprint density at radius 3 is 2.68 bits per heavy atom. The number of halogens is 1. The van der Waals surface area contributed by atoms with E-state index in [4.69, 9.17) is 16.3 Å². The molecule has 1 N–H and O–H groups in total. The van der Waals surface area contributed by atoms with Gasteiger partial charge in [0, 0.05) is 11.3 Å². The molecule has 1 unspecified atom stereocenters. The molecule has 1 aliphatic rings. The molecule has 0 fully saturated rings. The van der Waals surface area contributed by atoms with Crippen LogP contribution in [-0.4, -0.2) is 17.2 Å². The Labute approximate surface area is 121 Å². The Hall–Kier alpha value is -1.13. The summed E-state index contributed by atoms with van der Waals surface area (Å²) in [6, 6.07) is 7.19. The third-order valence-electron chi connectivity index (χ3n) is 2.89. The lowest BCUT2D eigenvalue weighted by Crippen LogP contribution is -2.29. The number of hydrogen-bond donors (Lipinski definition) is 1. The van der Waals surface area contributed by atoms with Crippen LogP contribution in [0.3, 0.4) is 0 Å². The van der Waals surface area contributed by atoms with Gasteiger partial charge in [-0.3, -0.25) is 0 Å². The maximum Gasteiger partial charge on any atom is 0.348 e. The van der Waals surface area contributed by atoms with Crippen molar-refractivity contribution in [2.24, 2.45) is 5.92 Å². The number of cyclic esters (lactones) is 1. The summed E-state index contributed by atoms with van der Waals surface area (Å²) in [5, 5.41) is 10.6. The van der Waals surface area contributed by atoms with Crippen LogP contribution in [0.5, 0.6) is 0 Å². The highest BCUT2D eigenvalue weighted by atomic mass is 35.5. The van der Waals surface area contributed by atoms with Crippen molar-refractivity contribution >= 4 is 29.3 Å². The first-order chi connectivity index (χ1) is 8.99. The van der Waals surface area contributed by atoms with Gasteiger partial charge in [-0.15, -0.1) is 0 Å². The second kappa shape index (κ2) is 5.88. The van der Waals surface area contributed by atoms with Crippen LogP contribution < -0.4 is 0 Å². The van der Waals surface area contributed by atoms with Crippen molar-refractivity contribution in [1.29, 1.82) is 0 Å². The molecule has 102 valence electrons. The summed E-state index contributed by atoms with van der Waals surface area (Å²) in [6.45, 7) is 3.91. The topological polar surface area (TPSA) is 46.5 Å². The highest BCUT2D eigenvalue weighted by molar-refractivity contribution is 8.04. The highest BCUT2D eigenvalue weighted by Crippen LogP contribution is 2.38. The van der Waals surface area contributed by atoms with Crippen molar-refractivity contribution in [3.63, 3.8) is 0 Å². The lowest BCUT2D eigenvalue weighted by Gasteiger charge is -2.26. The molecule has 1 atom stereocenters. The van der Waals surface area contributed by atoms with E-state index >= 15 is 0 Å². The van der Waals surface area contributed by atoms with E-state index in [1.165, 1.54) is 0 Å². The standard InChI is InChI=1S/C14H15ClO3S/c1-8(2)11-7-10(16)13(14(17)18-11)19-12-6-4-3-5-9(12)15/h3-6,8,11,16H,7H2,1-2H3. The fourth-order valence-corrected chi connectivity index (χ4v) is 2.86. The van der Waals surface area contributed by atoms with Crippen molar-refractivity contribution in [1.82, 2.24) is 0 Å². The van der Waals surface area contributed by atoms with Crippen LogP contribution in [0.15, 0.2) is 39.8 Å². The maximum absolute atomic E-state index is 11.9. The normalized spacial score (nSPS) is 19.8. The van der Waals surface area contributed by atoms with E-state index in [0.717, 1.165) is 16.7 Å². The fraction of sp³-hybridized carbons (Fsp3) is 0.357. The van der Waals surface area contributed by atoms with Crippen molar-refractivity contribution in [2.45, 2.75) is 31.3 Å². The van der Waals surface area contributed by atoms with Gasteiger partial charge < -0.3 is 9.84 Å². The maximum atomic E-state index is 11.9. The second-order valence-corrected chi connectivity index (χ2v) is 6.16. The zero-order valence-corrected chi connectivity index (χ0v) is 12.3. The van der Waals surface area contributed by atoms with Gasteiger partial charge in [0.05, 0.1) is 5.02 Å². The number of rotatable bonds is 3. The molecule has 2 rings (SSSR count). The number of aliphatic hydroxyl groups excluding tert-OH is 1. The molecule has 0 aliphatic carbocycles. The van der Waals surface area contributed by atoms with E-state index in [1.54, 1.807) is 12.1 Å². The summed E-state index contributed by atoms with van der Waals surface area (Å²) in [4.78, 5) is 12.9. The lowest BCUT2D eigenvalue weighted by molar-refractivity contribution is -0.147. The largest absolute Gasteiger partial charge is 0.511 e. The first-order valence-electron chi connectivity index (χ1n) is 6.04. The molecule has 5 heteroatoms. The molecular formula is C14H15ClO3S. The van der Waals surface area contributed by atoms with Gasteiger partial charge >= 0.3 is 5.97 Å². The number of ether oxygens (including phenoxy) is 1. The third-order valence-corrected chi connectivity index (χ3v) is 4.52. The lowest BCUT2D eigenvalue weighted by atomic mass is 10.0. The average molecular weight is 299 g/mol. The summed E-state index contributed by atoms with van der Waals surface area (Å²) < 4.78 is 5.32. The number of benzene rings is 1. The minimum absolute atomic E-state index is 0.0832. The molecule has 1 aliphatic heterocycles. The fourth-order valence-electron chi connectivity index (χ4n) is 1.74. The first kappa shape index (κ1) is 14.3. The van der Waals surface area contributed by atoms with Crippen LogP contribution in [-0.2, 0) is 9.53 Å². The first-order valence-corrected chi connectivity index (χ1v) is 7.24. The molecule has 1 aromatic rings. The van der Waals surface area contributed by atoms with Crippen LogP contribution in [0.2, 0.25) is 5.02 Å². The summed E-state index contributed by atoms with van der Waals surface area (Å²) in [5.41, 5.74) is 0. The van der Waals surface area contributed by atoms with Crippen molar-refractivity contribution < 1.29 is 14.6 Å². The van der Waals surface area contributed by atoms with Gasteiger partial charge in [-0.1, -0.05) is 49.3 Å². The van der Waals surface area contributed by atoms with Gasteiger partial charge in [0.15, 0.2) is 0 Å². The molecule has 19 heavy (non-hydrogen) atoms. The zero-order chi connectivity index (χ0) is 14.0. The smallest absolute Gasteiger partial charge is 0.348 e. The highest BCUT2D eigenvalue weighted by Gasteiger charge is 2.31. The van der Waals surface area contributed by atoms with Gasteiger partial charge in [0.1, 0.15) is 16.8 Å². The Morgan fingerprint density at radius 2 is 2.11 bits per heavy atom. The number of aliphatic hydroxyl groups is 1. The number of carbonyl (C=O) groups is 1. The van der Waals surface area contributed by atoms with E-state index < -0.39 is 5.97 Å².